The van der Waals surface area contributed by atoms with Gasteiger partial charge < -0.3 is 10.6 Å². The molecule has 96 valence electrons. The van der Waals surface area contributed by atoms with Crippen molar-refractivity contribution in [2.45, 2.75) is 38.0 Å². The van der Waals surface area contributed by atoms with Crippen LogP contribution in [-0.4, -0.2) is 18.0 Å². The van der Waals surface area contributed by atoms with E-state index in [2.05, 4.69) is 21.7 Å². The van der Waals surface area contributed by atoms with Gasteiger partial charge >= 0.3 is 0 Å². The summed E-state index contributed by atoms with van der Waals surface area (Å²) in [6.07, 6.45) is 4.87. The number of nitrogens with one attached hydrogen (secondary N) is 3. The van der Waals surface area contributed by atoms with E-state index >= 15 is 0 Å². The van der Waals surface area contributed by atoms with Crippen LogP contribution in [0.5, 0.6) is 0 Å². The maximum atomic E-state index is 8.68. The van der Waals surface area contributed by atoms with Crippen LogP contribution in [0.3, 0.4) is 0 Å². The van der Waals surface area contributed by atoms with E-state index < -0.39 is 0 Å². The van der Waals surface area contributed by atoms with Gasteiger partial charge in [0.05, 0.1) is 11.8 Å². The van der Waals surface area contributed by atoms with Crippen molar-refractivity contribution in [1.82, 2.24) is 10.3 Å². The van der Waals surface area contributed by atoms with E-state index in [-0.39, 0.29) is 5.96 Å². The van der Waals surface area contributed by atoms with Crippen LogP contribution in [0.1, 0.15) is 42.2 Å². The second-order valence-corrected chi connectivity index (χ2v) is 5.45. The molecule has 0 fully saturated rings. The zero-order valence-corrected chi connectivity index (χ0v) is 11.2. The van der Waals surface area contributed by atoms with E-state index in [9.17, 15) is 0 Å². The molecular weight excluding hydrogens is 246 g/mol. The lowest BCUT2D eigenvalue weighted by Gasteiger charge is -2.19. The molecule has 0 bridgehead atoms. The van der Waals surface area contributed by atoms with Crippen LogP contribution in [0.25, 0.3) is 0 Å². The molecule has 0 aromatic carbocycles. The lowest BCUT2D eigenvalue weighted by Crippen LogP contribution is -2.25. The summed E-state index contributed by atoms with van der Waals surface area (Å²) < 4.78 is 0. The van der Waals surface area contributed by atoms with Crippen molar-refractivity contribution >= 4 is 22.4 Å². The number of thiazole rings is 1. The van der Waals surface area contributed by atoms with Crippen LogP contribution >= 0.6 is 11.3 Å². The van der Waals surface area contributed by atoms with Gasteiger partial charge in [-0.3, -0.25) is 5.41 Å². The van der Waals surface area contributed by atoms with E-state index in [4.69, 9.17) is 10.7 Å². The molecule has 0 saturated heterocycles. The van der Waals surface area contributed by atoms with Crippen molar-refractivity contribution in [3.05, 3.63) is 10.6 Å². The quantitative estimate of drug-likeness (QED) is 0.577. The topological polar surface area (TPSA) is 84.6 Å². The Labute approximate surface area is 111 Å². The maximum absolute atomic E-state index is 8.68. The molecule has 1 aliphatic rings. The summed E-state index contributed by atoms with van der Waals surface area (Å²) in [5.74, 6) is 0.679. The Balaban J connectivity index is 2.13. The molecule has 1 heterocycles. The van der Waals surface area contributed by atoms with Crippen molar-refractivity contribution in [2.24, 2.45) is 0 Å². The van der Waals surface area contributed by atoms with Gasteiger partial charge in [-0.2, -0.15) is 5.26 Å². The Bertz CT molecular complexity index is 473. The number of rotatable bonds is 3. The SMILES string of the molecule is CNC(=N)Nc1nc2c(s1)CCC[C@H]2CCC#N. The van der Waals surface area contributed by atoms with Crippen molar-refractivity contribution in [3.8, 4) is 6.07 Å². The van der Waals surface area contributed by atoms with Gasteiger partial charge in [0.1, 0.15) is 0 Å². The first kappa shape index (κ1) is 12.8. The summed E-state index contributed by atoms with van der Waals surface area (Å²) in [6, 6.07) is 2.21. The molecule has 0 unspecified atom stereocenters. The Kier molecular flexibility index (Phi) is 4.15. The predicted octanol–water partition coefficient (Wildman–Crippen LogP) is 2.43. The van der Waals surface area contributed by atoms with Gasteiger partial charge in [0.2, 0.25) is 0 Å². The van der Waals surface area contributed by atoms with Gasteiger partial charge in [-0.15, -0.1) is 11.3 Å². The molecule has 1 aromatic heterocycles. The number of hydrogen-bond donors (Lipinski definition) is 3. The van der Waals surface area contributed by atoms with Crippen molar-refractivity contribution in [3.63, 3.8) is 0 Å². The summed E-state index contributed by atoms with van der Waals surface area (Å²) in [4.78, 5) is 5.91. The summed E-state index contributed by atoms with van der Waals surface area (Å²) in [7, 11) is 1.71. The summed E-state index contributed by atoms with van der Waals surface area (Å²) >= 11 is 1.63. The molecule has 1 atom stereocenters. The molecule has 0 radical (unpaired) electrons. The van der Waals surface area contributed by atoms with Crippen LogP contribution in [-0.2, 0) is 6.42 Å². The van der Waals surface area contributed by atoms with Crippen molar-refractivity contribution in [1.29, 1.82) is 10.7 Å². The molecule has 0 saturated carbocycles. The normalized spacial score (nSPS) is 17.7. The average molecular weight is 263 g/mol. The van der Waals surface area contributed by atoms with Crippen LogP contribution < -0.4 is 10.6 Å². The van der Waals surface area contributed by atoms with Crippen LogP contribution in [0.2, 0.25) is 0 Å². The number of hydrogen-bond acceptors (Lipinski definition) is 4. The Hall–Kier alpha value is -1.61. The van der Waals surface area contributed by atoms with Gasteiger partial charge in [-0.1, -0.05) is 0 Å². The van der Waals surface area contributed by atoms with Gasteiger partial charge in [0.15, 0.2) is 11.1 Å². The standard InChI is InChI=1S/C12H17N5S/c1-15-11(14)17-12-16-10-8(5-3-7-13)4-2-6-9(10)18-12/h8H,2-6H2,1H3,(H3,14,15,16,17)/t8-/m0/s1. The van der Waals surface area contributed by atoms with Crippen LogP contribution in [0.15, 0.2) is 0 Å². The van der Waals surface area contributed by atoms with Gasteiger partial charge in [0, 0.05) is 24.3 Å². The molecule has 1 aromatic rings. The molecule has 2 rings (SSSR count). The number of guanidine groups is 1. The third-order valence-corrected chi connectivity index (χ3v) is 4.20. The molecule has 3 N–H and O–H groups in total. The molecule has 6 heteroatoms. The Morgan fingerprint density at radius 2 is 2.50 bits per heavy atom. The summed E-state index contributed by atoms with van der Waals surface area (Å²) in [5, 5.41) is 22.7. The fourth-order valence-corrected chi connectivity index (χ4v) is 3.34. The van der Waals surface area contributed by atoms with Crippen molar-refractivity contribution in [2.75, 3.05) is 12.4 Å². The summed E-state index contributed by atoms with van der Waals surface area (Å²) in [5.41, 5.74) is 1.15. The van der Waals surface area contributed by atoms with Gasteiger partial charge in [-0.25, -0.2) is 4.98 Å². The lowest BCUT2D eigenvalue weighted by molar-refractivity contribution is 0.520. The number of fused-ring (bicyclic) bond motifs is 1. The lowest BCUT2D eigenvalue weighted by atomic mass is 9.88. The highest BCUT2D eigenvalue weighted by Crippen LogP contribution is 2.38. The monoisotopic (exact) mass is 263 g/mol. The van der Waals surface area contributed by atoms with Crippen LogP contribution in [0, 0.1) is 16.7 Å². The second-order valence-electron chi connectivity index (χ2n) is 4.36. The highest BCUT2D eigenvalue weighted by Gasteiger charge is 2.24. The first-order valence-electron chi connectivity index (χ1n) is 6.14. The largest absolute Gasteiger partial charge is 0.359 e. The number of nitriles is 1. The van der Waals surface area contributed by atoms with Gasteiger partial charge in [-0.05, 0) is 25.7 Å². The van der Waals surface area contributed by atoms with E-state index in [0.29, 0.717) is 12.3 Å². The maximum Gasteiger partial charge on any atom is 0.194 e. The zero-order valence-electron chi connectivity index (χ0n) is 10.4. The molecule has 1 aliphatic carbocycles. The molecule has 5 nitrogen and oxygen atoms in total. The van der Waals surface area contributed by atoms with E-state index in [1.54, 1.807) is 18.4 Å². The molecular formula is C12H17N5S. The number of nitrogens with zero attached hydrogens (tertiary/aromatic N) is 2. The number of anilines is 1. The highest BCUT2D eigenvalue weighted by atomic mass is 32.1. The Morgan fingerprint density at radius 3 is 3.22 bits per heavy atom. The molecule has 0 aliphatic heterocycles. The zero-order chi connectivity index (χ0) is 13.0. The minimum atomic E-state index is 0.259. The predicted molar refractivity (Wildman–Crippen MR) is 73.0 cm³/mol. The third-order valence-electron chi connectivity index (χ3n) is 3.16. The van der Waals surface area contributed by atoms with E-state index in [1.165, 1.54) is 11.3 Å². The van der Waals surface area contributed by atoms with Gasteiger partial charge in [0.25, 0.3) is 0 Å². The van der Waals surface area contributed by atoms with Crippen molar-refractivity contribution < 1.29 is 0 Å². The fraction of sp³-hybridized carbons (Fsp3) is 0.583. The minimum Gasteiger partial charge on any atom is -0.359 e. The molecule has 0 spiro atoms. The Morgan fingerprint density at radius 1 is 1.67 bits per heavy atom. The average Bonchev–Trinajstić information content (AvgIpc) is 2.78. The van der Waals surface area contributed by atoms with Crippen LogP contribution in [0.4, 0.5) is 5.13 Å². The third kappa shape index (κ3) is 2.79. The highest BCUT2D eigenvalue weighted by molar-refractivity contribution is 7.15. The number of aryl methyl sites for hydroxylation is 1. The second kappa shape index (κ2) is 5.83. The molecule has 0 amide bonds. The summed E-state index contributed by atoms with van der Waals surface area (Å²) in [6.45, 7) is 0. The van der Waals surface area contributed by atoms with E-state index in [1.807, 2.05) is 0 Å². The van der Waals surface area contributed by atoms with E-state index in [0.717, 1.165) is 30.1 Å². The minimum absolute atomic E-state index is 0.259. The fourth-order valence-electron chi connectivity index (χ4n) is 2.25. The molecule has 18 heavy (non-hydrogen) atoms. The number of aromatic nitrogens is 1. The smallest absolute Gasteiger partial charge is 0.194 e. The first-order chi connectivity index (χ1) is 8.74. The first-order valence-corrected chi connectivity index (χ1v) is 6.96.